The van der Waals surface area contributed by atoms with Gasteiger partial charge in [-0.05, 0) is 55.7 Å². The van der Waals surface area contributed by atoms with Crippen molar-refractivity contribution in [2.75, 3.05) is 49.9 Å². The van der Waals surface area contributed by atoms with Crippen LogP contribution in [0.15, 0.2) is 42.5 Å². The molecule has 4 N–H and O–H groups in total. The second kappa shape index (κ2) is 9.67. The van der Waals surface area contributed by atoms with E-state index in [4.69, 9.17) is 0 Å². The zero-order valence-electron chi connectivity index (χ0n) is 17.6. The number of amides is 2. The Hall–Kier alpha value is -2.70. The maximum Gasteiger partial charge on any atom is 0.279 e. The summed E-state index contributed by atoms with van der Waals surface area (Å²) in [6, 6.07) is 13.8. The maximum absolute atomic E-state index is 12.4. The minimum absolute atomic E-state index is 0.0433. The lowest BCUT2D eigenvalue weighted by Gasteiger charge is -2.29. The molecule has 0 bridgehead atoms. The summed E-state index contributed by atoms with van der Waals surface area (Å²) in [6.07, 6.45) is 0. The van der Waals surface area contributed by atoms with E-state index in [1.165, 1.54) is 15.4 Å². The topological polar surface area (TPSA) is 67.1 Å². The third-order valence-corrected chi connectivity index (χ3v) is 5.67. The molecule has 0 radical (unpaired) electrons. The van der Waals surface area contributed by atoms with Crippen LogP contribution in [0.25, 0.3) is 0 Å². The zero-order valence-corrected chi connectivity index (χ0v) is 17.6. The molecule has 0 saturated carbocycles. The van der Waals surface area contributed by atoms with Crippen molar-refractivity contribution in [3.05, 3.63) is 59.2 Å². The van der Waals surface area contributed by atoms with Crippen LogP contribution in [0, 0.1) is 20.8 Å². The first-order valence-electron chi connectivity index (χ1n) is 10.3. The van der Waals surface area contributed by atoms with Crippen molar-refractivity contribution < 1.29 is 19.4 Å². The van der Waals surface area contributed by atoms with Crippen LogP contribution in [0.3, 0.4) is 0 Å². The molecule has 3 rings (SSSR count). The van der Waals surface area contributed by atoms with Crippen molar-refractivity contribution in [3.63, 3.8) is 0 Å². The van der Waals surface area contributed by atoms with Gasteiger partial charge in [0.1, 0.15) is 26.2 Å². The molecule has 29 heavy (non-hydrogen) atoms. The Bertz CT molecular complexity index is 873. The molecular weight excluding hydrogens is 364 g/mol. The average Bonchev–Trinajstić information content (AvgIpc) is 2.67. The SMILES string of the molecule is Cc1cccc(NC(=O)C[NH+]2CC[NH+](CC(=O)Nc3cccc(C)c3C)CC2)c1. The number of nitrogens with one attached hydrogen (secondary N) is 4. The molecular formula is C23H32N4O2+2. The molecule has 2 amide bonds. The number of anilines is 2. The first kappa shape index (κ1) is 21.0. The molecule has 2 aromatic carbocycles. The zero-order chi connectivity index (χ0) is 20.8. The van der Waals surface area contributed by atoms with E-state index >= 15 is 0 Å². The Labute approximate surface area is 172 Å². The van der Waals surface area contributed by atoms with Crippen LogP contribution in [-0.2, 0) is 9.59 Å². The smallest absolute Gasteiger partial charge is 0.279 e. The number of benzene rings is 2. The predicted octanol–water partition coefficient (Wildman–Crippen LogP) is -0.0275. The first-order valence-corrected chi connectivity index (χ1v) is 10.3. The minimum atomic E-state index is 0.0433. The monoisotopic (exact) mass is 396 g/mol. The van der Waals surface area contributed by atoms with Gasteiger partial charge in [0.05, 0.1) is 0 Å². The molecule has 0 spiro atoms. The summed E-state index contributed by atoms with van der Waals surface area (Å²) in [6.45, 7) is 10.6. The van der Waals surface area contributed by atoms with Gasteiger partial charge < -0.3 is 20.4 Å². The van der Waals surface area contributed by atoms with E-state index in [2.05, 4.69) is 10.6 Å². The van der Waals surface area contributed by atoms with Crippen molar-refractivity contribution in [2.24, 2.45) is 0 Å². The van der Waals surface area contributed by atoms with E-state index in [0.717, 1.165) is 48.7 Å². The fourth-order valence-corrected chi connectivity index (χ4v) is 3.77. The van der Waals surface area contributed by atoms with Crippen LogP contribution in [0.5, 0.6) is 0 Å². The highest BCUT2D eigenvalue weighted by Crippen LogP contribution is 2.17. The van der Waals surface area contributed by atoms with Gasteiger partial charge in [-0.15, -0.1) is 0 Å². The number of piperazine rings is 1. The van der Waals surface area contributed by atoms with Gasteiger partial charge in [0.25, 0.3) is 11.8 Å². The van der Waals surface area contributed by atoms with Crippen molar-refractivity contribution in [1.29, 1.82) is 0 Å². The van der Waals surface area contributed by atoms with Crippen molar-refractivity contribution in [1.82, 2.24) is 0 Å². The minimum Gasteiger partial charge on any atom is -0.321 e. The number of carbonyl (C=O) groups is 2. The molecule has 0 aromatic heterocycles. The van der Waals surface area contributed by atoms with Gasteiger partial charge in [-0.25, -0.2) is 0 Å². The van der Waals surface area contributed by atoms with E-state index in [1.54, 1.807) is 0 Å². The molecule has 154 valence electrons. The molecule has 0 unspecified atom stereocenters. The van der Waals surface area contributed by atoms with Crippen LogP contribution >= 0.6 is 0 Å². The highest BCUT2D eigenvalue weighted by atomic mass is 16.2. The van der Waals surface area contributed by atoms with Gasteiger partial charge in [0.2, 0.25) is 0 Å². The Morgan fingerprint density at radius 3 is 2.03 bits per heavy atom. The molecule has 1 saturated heterocycles. The number of rotatable bonds is 6. The van der Waals surface area contributed by atoms with Gasteiger partial charge in [-0.1, -0.05) is 24.3 Å². The van der Waals surface area contributed by atoms with Crippen LogP contribution in [0.1, 0.15) is 16.7 Å². The van der Waals surface area contributed by atoms with Gasteiger partial charge in [0, 0.05) is 11.4 Å². The van der Waals surface area contributed by atoms with Crippen LogP contribution < -0.4 is 20.4 Å². The standard InChI is InChI=1S/C23H30N4O2/c1-17-6-4-8-20(14-17)24-22(28)15-26-10-12-27(13-11-26)16-23(29)25-21-9-5-7-18(2)19(21)3/h4-9,14H,10-13,15-16H2,1-3H3,(H,24,28)(H,25,29)/p+2. The molecule has 1 heterocycles. The molecule has 2 aromatic rings. The van der Waals surface area contributed by atoms with Gasteiger partial charge >= 0.3 is 0 Å². The van der Waals surface area contributed by atoms with E-state index in [9.17, 15) is 9.59 Å². The second-order valence-corrected chi connectivity index (χ2v) is 8.07. The normalized spacial score (nSPS) is 18.9. The van der Waals surface area contributed by atoms with Gasteiger partial charge in [0.15, 0.2) is 13.1 Å². The highest BCUT2D eigenvalue weighted by Gasteiger charge is 2.26. The van der Waals surface area contributed by atoms with E-state index in [0.29, 0.717) is 13.1 Å². The van der Waals surface area contributed by atoms with Crippen LogP contribution in [-0.4, -0.2) is 51.1 Å². The lowest BCUT2D eigenvalue weighted by atomic mass is 10.1. The average molecular weight is 397 g/mol. The molecule has 6 heteroatoms. The molecule has 6 nitrogen and oxygen atoms in total. The van der Waals surface area contributed by atoms with Gasteiger partial charge in [-0.2, -0.15) is 0 Å². The number of hydrogen-bond donors (Lipinski definition) is 4. The number of aryl methyl sites for hydroxylation is 2. The summed E-state index contributed by atoms with van der Waals surface area (Å²) >= 11 is 0. The Kier molecular flexibility index (Phi) is 7.01. The quantitative estimate of drug-likeness (QED) is 0.554. The van der Waals surface area contributed by atoms with E-state index in [1.807, 2.05) is 63.2 Å². The third-order valence-electron chi connectivity index (χ3n) is 5.67. The summed E-state index contributed by atoms with van der Waals surface area (Å²) < 4.78 is 0. The Morgan fingerprint density at radius 1 is 0.828 bits per heavy atom. The fraction of sp³-hybridized carbons (Fsp3) is 0.391. The van der Waals surface area contributed by atoms with E-state index < -0.39 is 0 Å². The van der Waals surface area contributed by atoms with Crippen molar-refractivity contribution in [3.8, 4) is 0 Å². The van der Waals surface area contributed by atoms with Crippen molar-refractivity contribution >= 4 is 23.2 Å². The Morgan fingerprint density at radius 2 is 1.41 bits per heavy atom. The van der Waals surface area contributed by atoms with Gasteiger partial charge in [-0.3, -0.25) is 9.59 Å². The highest BCUT2D eigenvalue weighted by molar-refractivity contribution is 5.92. The molecule has 1 aliphatic rings. The number of carbonyl (C=O) groups excluding carboxylic acids is 2. The molecule has 0 atom stereocenters. The van der Waals surface area contributed by atoms with Crippen LogP contribution in [0.2, 0.25) is 0 Å². The lowest BCUT2D eigenvalue weighted by Crippen LogP contribution is -3.28. The molecule has 1 fully saturated rings. The number of hydrogen-bond acceptors (Lipinski definition) is 2. The summed E-state index contributed by atoms with van der Waals surface area (Å²) in [5.74, 6) is 0.0936. The van der Waals surface area contributed by atoms with Crippen LogP contribution in [0.4, 0.5) is 11.4 Å². The largest absolute Gasteiger partial charge is 0.321 e. The predicted molar refractivity (Wildman–Crippen MR) is 115 cm³/mol. The fourth-order valence-electron chi connectivity index (χ4n) is 3.77. The third kappa shape index (κ3) is 6.14. The summed E-state index contributed by atoms with van der Waals surface area (Å²) in [5.41, 5.74) is 5.17. The number of quaternary nitrogens is 2. The Balaban J connectivity index is 1.41. The summed E-state index contributed by atoms with van der Waals surface area (Å²) in [4.78, 5) is 27.3. The molecule has 0 aliphatic carbocycles. The summed E-state index contributed by atoms with van der Waals surface area (Å²) in [7, 11) is 0. The maximum atomic E-state index is 12.4. The summed E-state index contributed by atoms with van der Waals surface area (Å²) in [5, 5.41) is 6.02. The lowest BCUT2D eigenvalue weighted by molar-refractivity contribution is -1.00. The molecule has 1 aliphatic heterocycles. The second-order valence-electron chi connectivity index (χ2n) is 8.07. The first-order chi connectivity index (χ1) is 13.9. The van der Waals surface area contributed by atoms with Crippen molar-refractivity contribution in [2.45, 2.75) is 20.8 Å². The van der Waals surface area contributed by atoms with E-state index in [-0.39, 0.29) is 11.8 Å².